The number of hydrogen-bond acceptors (Lipinski definition) is 2. The Kier molecular flexibility index (Phi) is 6.55. The van der Waals surface area contributed by atoms with Gasteiger partial charge in [0.25, 0.3) is 0 Å². The minimum atomic E-state index is -1.12. The van der Waals surface area contributed by atoms with E-state index in [1.165, 1.54) is 0 Å². The molecule has 0 atom stereocenters. The van der Waals surface area contributed by atoms with Gasteiger partial charge in [-0.05, 0) is 25.0 Å². The van der Waals surface area contributed by atoms with Crippen LogP contribution in [0.4, 0.5) is 0 Å². The second-order valence-corrected chi connectivity index (χ2v) is 6.62. The van der Waals surface area contributed by atoms with E-state index in [-0.39, 0.29) is 6.61 Å². The van der Waals surface area contributed by atoms with Crippen LogP contribution in [0.1, 0.15) is 25.0 Å². The van der Waals surface area contributed by atoms with Gasteiger partial charge in [-0.1, -0.05) is 60.7 Å². The van der Waals surface area contributed by atoms with E-state index in [0.29, 0.717) is 6.61 Å². The van der Waals surface area contributed by atoms with Crippen molar-refractivity contribution in [3.05, 3.63) is 71.8 Å². The summed E-state index contributed by atoms with van der Waals surface area (Å²) in [4.78, 5) is 0. The van der Waals surface area contributed by atoms with Crippen molar-refractivity contribution in [2.45, 2.75) is 19.4 Å². The molecule has 0 fully saturated rings. The van der Waals surface area contributed by atoms with E-state index < -0.39 is 5.60 Å². The third-order valence-electron chi connectivity index (χ3n) is 5.12. The van der Waals surface area contributed by atoms with Crippen molar-refractivity contribution in [1.82, 2.24) is 0 Å². The molecule has 2 rings (SSSR count). The van der Waals surface area contributed by atoms with Crippen LogP contribution >= 0.6 is 0 Å². The quantitative estimate of drug-likeness (QED) is 0.564. The molecule has 2 aromatic carbocycles. The lowest BCUT2D eigenvalue weighted by Gasteiger charge is -2.33. The summed E-state index contributed by atoms with van der Waals surface area (Å²) >= 11 is 0. The second kappa shape index (κ2) is 8.43. The first-order valence-electron chi connectivity index (χ1n) is 8.79. The Morgan fingerprint density at radius 2 is 1.33 bits per heavy atom. The molecule has 0 saturated heterocycles. The van der Waals surface area contributed by atoms with Crippen LogP contribution in [-0.2, 0) is 10.3 Å². The van der Waals surface area contributed by atoms with E-state index in [1.54, 1.807) is 0 Å². The van der Waals surface area contributed by atoms with Crippen molar-refractivity contribution in [3.8, 4) is 0 Å². The minimum absolute atomic E-state index is 0.258. The fourth-order valence-corrected chi connectivity index (χ4v) is 2.81. The molecule has 0 unspecified atom stereocenters. The number of nitrogens with zero attached hydrogens (tertiary/aromatic N) is 1. The third-order valence-corrected chi connectivity index (χ3v) is 5.12. The highest BCUT2D eigenvalue weighted by Gasteiger charge is 2.32. The van der Waals surface area contributed by atoms with Gasteiger partial charge in [-0.25, -0.2) is 0 Å². The van der Waals surface area contributed by atoms with Crippen LogP contribution < -0.4 is 0 Å². The second-order valence-electron chi connectivity index (χ2n) is 6.62. The Morgan fingerprint density at radius 3 is 1.75 bits per heavy atom. The molecule has 0 radical (unpaired) electrons. The molecule has 0 amide bonds. The first-order valence-corrected chi connectivity index (χ1v) is 8.79. The van der Waals surface area contributed by atoms with E-state index in [4.69, 9.17) is 4.74 Å². The highest BCUT2D eigenvalue weighted by molar-refractivity contribution is 5.35. The lowest BCUT2D eigenvalue weighted by atomic mass is 9.87. The molecule has 0 saturated carbocycles. The molecule has 2 aromatic rings. The number of hydrogen-bond donors (Lipinski definition) is 1. The maximum absolute atomic E-state index is 11.4. The zero-order chi connectivity index (χ0) is 17.5. The lowest BCUT2D eigenvalue weighted by Crippen LogP contribution is -2.46. The molecule has 3 nitrogen and oxygen atoms in total. The van der Waals surface area contributed by atoms with E-state index in [2.05, 4.69) is 20.9 Å². The topological polar surface area (TPSA) is 29.5 Å². The molecule has 0 aliphatic heterocycles. The van der Waals surface area contributed by atoms with Gasteiger partial charge in [-0.2, -0.15) is 0 Å². The number of ether oxygens (including phenoxy) is 1. The molecule has 0 spiro atoms. The van der Waals surface area contributed by atoms with E-state index in [0.717, 1.165) is 35.2 Å². The molecule has 3 heteroatoms. The highest BCUT2D eigenvalue weighted by Crippen LogP contribution is 2.29. The number of quaternary nitrogens is 1. The van der Waals surface area contributed by atoms with Crippen molar-refractivity contribution in [1.29, 1.82) is 0 Å². The van der Waals surface area contributed by atoms with Gasteiger partial charge in [0.1, 0.15) is 12.1 Å². The van der Waals surface area contributed by atoms with Crippen LogP contribution in [0.3, 0.4) is 0 Å². The average Bonchev–Trinajstić information content (AvgIpc) is 2.66. The number of likely N-dealkylation sites (N-methyl/N-ethyl adjacent to an activating group) is 1. The summed E-state index contributed by atoms with van der Waals surface area (Å²) < 4.78 is 6.92. The molecule has 0 aromatic heterocycles. The number of benzene rings is 2. The molecular weight excluding hydrogens is 298 g/mol. The van der Waals surface area contributed by atoms with E-state index in [1.807, 2.05) is 60.7 Å². The number of aliphatic hydroxyl groups is 1. The van der Waals surface area contributed by atoms with Crippen LogP contribution in [0.25, 0.3) is 0 Å². The zero-order valence-corrected chi connectivity index (χ0v) is 15.1. The monoisotopic (exact) mass is 328 g/mol. The molecule has 0 aliphatic rings. The molecule has 0 bridgehead atoms. The summed E-state index contributed by atoms with van der Waals surface area (Å²) in [7, 11) is 2.24. The standard InChI is InChI=1S/C21H30NO2/c1-4-22(3,5-2)16-17-24-18-21(23,19-12-8-6-9-13-19)20-14-10-7-11-15-20/h6-15,23H,4-5,16-18H2,1-3H3/q+1. The fraction of sp³-hybridized carbons (Fsp3) is 0.429. The normalized spacial score (nSPS) is 12.3. The fourth-order valence-electron chi connectivity index (χ4n) is 2.81. The summed E-state index contributed by atoms with van der Waals surface area (Å²) in [5.41, 5.74) is 0.600. The van der Waals surface area contributed by atoms with Crippen LogP contribution in [0.15, 0.2) is 60.7 Å². The van der Waals surface area contributed by atoms with Crippen molar-refractivity contribution < 1.29 is 14.3 Å². The molecule has 0 heterocycles. The van der Waals surface area contributed by atoms with Crippen LogP contribution in [-0.4, -0.2) is 49.5 Å². The molecule has 1 N–H and O–H groups in total. The third kappa shape index (κ3) is 4.44. The average molecular weight is 328 g/mol. The SMILES string of the molecule is CC[N+](C)(CC)CCOCC(O)(c1ccccc1)c1ccccc1. The summed E-state index contributed by atoms with van der Waals surface area (Å²) in [6.07, 6.45) is 0. The Balaban J connectivity index is 2.11. The first kappa shape index (κ1) is 18.7. The lowest BCUT2D eigenvalue weighted by molar-refractivity contribution is -0.906. The van der Waals surface area contributed by atoms with Crippen molar-refractivity contribution in [3.63, 3.8) is 0 Å². The van der Waals surface area contributed by atoms with Gasteiger partial charge in [0, 0.05) is 0 Å². The van der Waals surface area contributed by atoms with Gasteiger partial charge in [-0.3, -0.25) is 0 Å². The first-order chi connectivity index (χ1) is 11.5. The van der Waals surface area contributed by atoms with E-state index in [9.17, 15) is 5.11 Å². The smallest absolute Gasteiger partial charge is 0.138 e. The maximum Gasteiger partial charge on any atom is 0.138 e. The summed E-state index contributed by atoms with van der Waals surface area (Å²) in [5.74, 6) is 0. The van der Waals surface area contributed by atoms with Crippen LogP contribution in [0.2, 0.25) is 0 Å². The Labute approximate surface area is 146 Å². The van der Waals surface area contributed by atoms with Gasteiger partial charge in [0.05, 0.1) is 33.4 Å². The Bertz CT molecular complexity index is 554. The van der Waals surface area contributed by atoms with Crippen molar-refractivity contribution >= 4 is 0 Å². The summed E-state index contributed by atoms with van der Waals surface area (Å²) in [5, 5.41) is 11.4. The van der Waals surface area contributed by atoms with Gasteiger partial charge in [0.15, 0.2) is 0 Å². The van der Waals surface area contributed by atoms with E-state index >= 15 is 0 Å². The van der Waals surface area contributed by atoms with Gasteiger partial charge < -0.3 is 14.3 Å². The van der Waals surface area contributed by atoms with Crippen LogP contribution in [0.5, 0.6) is 0 Å². The number of rotatable bonds is 9. The molecular formula is C21H30NO2+. The molecule has 24 heavy (non-hydrogen) atoms. The van der Waals surface area contributed by atoms with Crippen LogP contribution in [0, 0.1) is 0 Å². The largest absolute Gasteiger partial charge is 0.378 e. The molecule has 0 aliphatic carbocycles. The van der Waals surface area contributed by atoms with Crippen molar-refractivity contribution in [2.24, 2.45) is 0 Å². The molecule has 130 valence electrons. The van der Waals surface area contributed by atoms with Gasteiger partial charge >= 0.3 is 0 Å². The maximum atomic E-state index is 11.4. The Hall–Kier alpha value is -1.68. The summed E-state index contributed by atoms with van der Waals surface area (Å²) in [6.45, 7) is 8.42. The van der Waals surface area contributed by atoms with Gasteiger partial charge in [0.2, 0.25) is 0 Å². The zero-order valence-electron chi connectivity index (χ0n) is 15.1. The minimum Gasteiger partial charge on any atom is -0.378 e. The Morgan fingerprint density at radius 1 is 0.875 bits per heavy atom. The van der Waals surface area contributed by atoms with Gasteiger partial charge in [-0.15, -0.1) is 0 Å². The predicted octanol–water partition coefficient (Wildman–Crippen LogP) is 3.43. The summed E-state index contributed by atoms with van der Waals surface area (Å²) in [6, 6.07) is 19.5. The van der Waals surface area contributed by atoms with Crippen molar-refractivity contribution in [2.75, 3.05) is 39.9 Å². The highest BCUT2D eigenvalue weighted by atomic mass is 16.5. The predicted molar refractivity (Wildman–Crippen MR) is 98.8 cm³/mol.